The molecule has 1 aromatic rings. The van der Waals surface area contributed by atoms with Crippen molar-refractivity contribution in [1.82, 2.24) is 0 Å². The lowest BCUT2D eigenvalue weighted by Crippen LogP contribution is -2.41. The Morgan fingerprint density at radius 1 is 1.05 bits per heavy atom. The van der Waals surface area contributed by atoms with Crippen LogP contribution in [0, 0.1) is 0 Å². The van der Waals surface area contributed by atoms with Gasteiger partial charge in [0.2, 0.25) is 0 Å². The van der Waals surface area contributed by atoms with Crippen molar-refractivity contribution in [1.29, 1.82) is 0 Å². The standard InChI is InChI=1S/C14H21BO3S/c1-13(2)14(3,4)18-15(17-13)11-6-8-12(9-7-11)16-10-19-5/h6-9H,10H2,1-5H3. The molecule has 2 rings (SSSR count). The van der Waals surface area contributed by atoms with Gasteiger partial charge in [-0.1, -0.05) is 12.1 Å². The molecule has 0 unspecified atom stereocenters. The molecule has 0 atom stereocenters. The molecule has 104 valence electrons. The monoisotopic (exact) mass is 280 g/mol. The van der Waals surface area contributed by atoms with Crippen molar-refractivity contribution < 1.29 is 14.0 Å². The van der Waals surface area contributed by atoms with Gasteiger partial charge in [0.25, 0.3) is 0 Å². The molecule has 0 radical (unpaired) electrons. The molecule has 0 N–H and O–H groups in total. The molecule has 1 aliphatic heterocycles. The largest absolute Gasteiger partial charge is 0.494 e. The summed E-state index contributed by atoms with van der Waals surface area (Å²) in [4.78, 5) is 0. The zero-order valence-corrected chi connectivity index (χ0v) is 13.0. The van der Waals surface area contributed by atoms with E-state index in [0.717, 1.165) is 11.2 Å². The van der Waals surface area contributed by atoms with Crippen molar-refractivity contribution in [3.8, 4) is 5.75 Å². The Labute approximate surface area is 120 Å². The van der Waals surface area contributed by atoms with Gasteiger partial charge in [0.15, 0.2) is 0 Å². The summed E-state index contributed by atoms with van der Waals surface area (Å²) in [5.41, 5.74) is 0.423. The average Bonchev–Trinajstić information content (AvgIpc) is 2.56. The van der Waals surface area contributed by atoms with Crippen LogP contribution in [0.4, 0.5) is 0 Å². The third kappa shape index (κ3) is 3.10. The Balaban J connectivity index is 2.08. The van der Waals surface area contributed by atoms with Gasteiger partial charge in [-0.15, -0.1) is 11.8 Å². The first-order valence-corrected chi connectivity index (χ1v) is 7.82. The van der Waals surface area contributed by atoms with Crippen LogP contribution in [0.15, 0.2) is 24.3 Å². The lowest BCUT2D eigenvalue weighted by molar-refractivity contribution is 0.00578. The maximum absolute atomic E-state index is 6.00. The smallest absolute Gasteiger partial charge is 0.483 e. The topological polar surface area (TPSA) is 27.7 Å². The third-order valence-electron chi connectivity index (χ3n) is 3.75. The van der Waals surface area contributed by atoms with Gasteiger partial charge in [-0.2, -0.15) is 0 Å². The summed E-state index contributed by atoms with van der Waals surface area (Å²) in [5, 5.41) is 0. The Morgan fingerprint density at radius 3 is 2.05 bits per heavy atom. The van der Waals surface area contributed by atoms with E-state index in [-0.39, 0.29) is 18.3 Å². The van der Waals surface area contributed by atoms with Gasteiger partial charge in [-0.3, -0.25) is 0 Å². The van der Waals surface area contributed by atoms with Gasteiger partial charge in [0.1, 0.15) is 11.7 Å². The molecule has 0 amide bonds. The number of thioether (sulfide) groups is 1. The van der Waals surface area contributed by atoms with Crippen molar-refractivity contribution in [2.75, 3.05) is 12.2 Å². The number of benzene rings is 1. The molecule has 3 nitrogen and oxygen atoms in total. The van der Waals surface area contributed by atoms with E-state index in [1.54, 1.807) is 11.8 Å². The molecule has 1 saturated heterocycles. The molecule has 0 aromatic heterocycles. The van der Waals surface area contributed by atoms with E-state index >= 15 is 0 Å². The lowest BCUT2D eigenvalue weighted by Gasteiger charge is -2.32. The fraction of sp³-hybridized carbons (Fsp3) is 0.571. The fourth-order valence-corrected chi connectivity index (χ4v) is 2.08. The van der Waals surface area contributed by atoms with E-state index in [4.69, 9.17) is 14.0 Å². The molecule has 1 aromatic carbocycles. The van der Waals surface area contributed by atoms with Crippen molar-refractivity contribution in [3.63, 3.8) is 0 Å². The van der Waals surface area contributed by atoms with Crippen LogP contribution in [0.2, 0.25) is 0 Å². The normalized spacial score (nSPS) is 20.6. The first-order valence-electron chi connectivity index (χ1n) is 6.43. The predicted molar refractivity (Wildman–Crippen MR) is 81.2 cm³/mol. The number of ether oxygens (including phenoxy) is 1. The van der Waals surface area contributed by atoms with E-state index in [0.29, 0.717) is 5.94 Å². The number of rotatable bonds is 4. The minimum absolute atomic E-state index is 0.300. The quantitative estimate of drug-likeness (QED) is 0.626. The van der Waals surface area contributed by atoms with E-state index in [1.165, 1.54) is 0 Å². The summed E-state index contributed by atoms with van der Waals surface area (Å²) in [5.74, 6) is 1.53. The highest BCUT2D eigenvalue weighted by Crippen LogP contribution is 2.36. The van der Waals surface area contributed by atoms with E-state index in [9.17, 15) is 0 Å². The summed E-state index contributed by atoms with van der Waals surface area (Å²) in [7, 11) is -0.306. The Kier molecular flexibility index (Phi) is 4.18. The first kappa shape index (κ1) is 14.8. The minimum Gasteiger partial charge on any atom is -0.483 e. The molecule has 0 bridgehead atoms. The maximum Gasteiger partial charge on any atom is 0.494 e. The summed E-state index contributed by atoms with van der Waals surface area (Å²) in [6.45, 7) is 8.23. The summed E-state index contributed by atoms with van der Waals surface area (Å²) in [6.07, 6.45) is 2.01. The molecule has 1 fully saturated rings. The number of hydrogen-bond donors (Lipinski definition) is 0. The van der Waals surface area contributed by atoms with Crippen LogP contribution < -0.4 is 10.2 Å². The zero-order chi connectivity index (χ0) is 14.1. The molecule has 5 heteroatoms. The third-order valence-corrected chi connectivity index (χ3v) is 4.10. The van der Waals surface area contributed by atoms with E-state index in [2.05, 4.69) is 27.7 Å². The minimum atomic E-state index is -0.306. The summed E-state index contributed by atoms with van der Waals surface area (Å²) in [6, 6.07) is 7.91. The maximum atomic E-state index is 6.00. The molecule has 0 saturated carbocycles. The molecular weight excluding hydrogens is 259 g/mol. The SMILES string of the molecule is CSCOc1ccc(B2OC(C)(C)C(C)(C)O2)cc1. The highest BCUT2D eigenvalue weighted by Gasteiger charge is 2.51. The second-order valence-electron chi connectivity index (χ2n) is 5.71. The average molecular weight is 280 g/mol. The molecule has 0 spiro atoms. The molecule has 1 heterocycles. The summed E-state index contributed by atoms with van der Waals surface area (Å²) < 4.78 is 17.5. The van der Waals surface area contributed by atoms with Crippen LogP contribution in [0.3, 0.4) is 0 Å². The van der Waals surface area contributed by atoms with Gasteiger partial charge in [-0.05, 0) is 51.5 Å². The molecular formula is C14H21BO3S. The predicted octanol–water partition coefficient (Wildman–Crippen LogP) is 2.69. The van der Waals surface area contributed by atoms with Gasteiger partial charge >= 0.3 is 7.12 Å². The molecule has 1 aliphatic rings. The lowest BCUT2D eigenvalue weighted by atomic mass is 9.79. The highest BCUT2D eigenvalue weighted by molar-refractivity contribution is 7.98. The van der Waals surface area contributed by atoms with Gasteiger partial charge < -0.3 is 14.0 Å². The number of hydrogen-bond acceptors (Lipinski definition) is 4. The van der Waals surface area contributed by atoms with E-state index < -0.39 is 0 Å². The van der Waals surface area contributed by atoms with Crippen molar-refractivity contribution in [3.05, 3.63) is 24.3 Å². The molecule has 0 aliphatic carbocycles. The van der Waals surface area contributed by atoms with Crippen LogP contribution in [-0.4, -0.2) is 30.5 Å². The molecule has 19 heavy (non-hydrogen) atoms. The zero-order valence-electron chi connectivity index (χ0n) is 12.2. The van der Waals surface area contributed by atoms with Gasteiger partial charge in [-0.25, -0.2) is 0 Å². The van der Waals surface area contributed by atoms with Gasteiger partial charge in [0, 0.05) is 0 Å². The van der Waals surface area contributed by atoms with Crippen LogP contribution >= 0.6 is 11.8 Å². The van der Waals surface area contributed by atoms with Crippen LogP contribution in [-0.2, 0) is 9.31 Å². The van der Waals surface area contributed by atoms with Crippen molar-refractivity contribution >= 4 is 24.3 Å². The second-order valence-corrected chi connectivity index (χ2v) is 6.52. The van der Waals surface area contributed by atoms with Crippen LogP contribution in [0.5, 0.6) is 5.75 Å². The van der Waals surface area contributed by atoms with Crippen LogP contribution in [0.25, 0.3) is 0 Å². The second kappa shape index (κ2) is 5.39. The van der Waals surface area contributed by atoms with Crippen molar-refractivity contribution in [2.45, 2.75) is 38.9 Å². The Hall–Kier alpha value is -0.645. The van der Waals surface area contributed by atoms with E-state index in [1.807, 2.05) is 30.5 Å². The summed E-state index contributed by atoms with van der Waals surface area (Å²) >= 11 is 1.65. The first-order chi connectivity index (χ1) is 8.86. The van der Waals surface area contributed by atoms with Gasteiger partial charge in [0.05, 0.1) is 11.2 Å². The fourth-order valence-electron chi connectivity index (χ4n) is 1.83. The Morgan fingerprint density at radius 2 is 1.58 bits per heavy atom. The highest BCUT2D eigenvalue weighted by atomic mass is 32.2. The van der Waals surface area contributed by atoms with Crippen LogP contribution in [0.1, 0.15) is 27.7 Å². The Bertz CT molecular complexity index is 415. The van der Waals surface area contributed by atoms with Crippen molar-refractivity contribution in [2.24, 2.45) is 0 Å².